The van der Waals surface area contributed by atoms with Crippen LogP contribution in [0, 0.1) is 24.7 Å². The molecule has 2 aliphatic carbocycles. The highest BCUT2D eigenvalue weighted by molar-refractivity contribution is 5.81. The fourth-order valence-corrected chi connectivity index (χ4v) is 5.21. The molecule has 2 aromatic rings. The van der Waals surface area contributed by atoms with E-state index in [0.717, 1.165) is 44.1 Å². The van der Waals surface area contributed by atoms with E-state index >= 15 is 0 Å². The summed E-state index contributed by atoms with van der Waals surface area (Å²) in [4.78, 5) is 25.9. The van der Waals surface area contributed by atoms with Crippen molar-refractivity contribution in [3.05, 3.63) is 18.1 Å². The van der Waals surface area contributed by atoms with E-state index in [4.69, 9.17) is 5.73 Å². The third-order valence-corrected chi connectivity index (χ3v) is 6.54. The third kappa shape index (κ3) is 2.39. The van der Waals surface area contributed by atoms with E-state index in [1.165, 1.54) is 19.2 Å². The molecule has 1 amide bonds. The van der Waals surface area contributed by atoms with Gasteiger partial charge in [-0.3, -0.25) is 4.79 Å². The van der Waals surface area contributed by atoms with Crippen molar-refractivity contribution in [2.45, 2.75) is 32.2 Å². The minimum absolute atomic E-state index is 0.0468. The van der Waals surface area contributed by atoms with E-state index in [-0.39, 0.29) is 17.9 Å². The van der Waals surface area contributed by atoms with Gasteiger partial charge in [-0.2, -0.15) is 14.6 Å². The first-order chi connectivity index (χ1) is 12.6. The maximum Gasteiger partial charge on any atom is 0.254 e. The van der Waals surface area contributed by atoms with Gasteiger partial charge < -0.3 is 15.5 Å². The lowest BCUT2D eigenvalue weighted by Gasteiger charge is -2.39. The monoisotopic (exact) mass is 355 g/mol. The fraction of sp³-hybridized carbons (Fsp3) is 0.667. The van der Waals surface area contributed by atoms with Crippen molar-refractivity contribution in [1.82, 2.24) is 24.5 Å². The van der Waals surface area contributed by atoms with Crippen molar-refractivity contribution in [1.29, 1.82) is 0 Å². The van der Waals surface area contributed by atoms with Crippen LogP contribution in [0.2, 0.25) is 0 Å². The number of amides is 1. The summed E-state index contributed by atoms with van der Waals surface area (Å²) in [6, 6.07) is 2.10. The topological polar surface area (TPSA) is 92.7 Å². The summed E-state index contributed by atoms with van der Waals surface area (Å²) < 4.78 is 1.77. The van der Waals surface area contributed by atoms with Crippen LogP contribution in [-0.4, -0.2) is 62.6 Å². The molecule has 4 unspecified atom stereocenters. The summed E-state index contributed by atoms with van der Waals surface area (Å²) in [6.45, 7) is 5.02. The molecule has 5 rings (SSSR count). The summed E-state index contributed by atoms with van der Waals surface area (Å²) in [6.07, 6.45) is 5.06. The number of nitrogens with zero attached hydrogens (tertiary/aromatic N) is 6. The minimum Gasteiger partial charge on any atom is -0.353 e. The predicted molar refractivity (Wildman–Crippen MR) is 96.6 cm³/mol. The van der Waals surface area contributed by atoms with Gasteiger partial charge in [-0.15, -0.1) is 0 Å². The number of aromatic nitrogens is 4. The van der Waals surface area contributed by atoms with Crippen LogP contribution < -0.4 is 10.6 Å². The number of carbonyl (C=O) groups is 1. The van der Waals surface area contributed by atoms with E-state index in [0.29, 0.717) is 17.6 Å². The zero-order valence-electron chi connectivity index (χ0n) is 15.1. The van der Waals surface area contributed by atoms with Crippen LogP contribution in [0.1, 0.15) is 25.0 Å². The van der Waals surface area contributed by atoms with Gasteiger partial charge >= 0.3 is 0 Å². The largest absolute Gasteiger partial charge is 0.353 e. The van der Waals surface area contributed by atoms with Crippen LogP contribution in [0.5, 0.6) is 0 Å². The van der Waals surface area contributed by atoms with E-state index in [9.17, 15) is 4.79 Å². The number of piperazine rings is 1. The first-order valence-electron chi connectivity index (χ1n) is 9.58. The van der Waals surface area contributed by atoms with Gasteiger partial charge in [0.15, 0.2) is 0 Å². The molecule has 2 N–H and O–H groups in total. The fourth-order valence-electron chi connectivity index (χ4n) is 5.21. The standard InChI is InChI=1S/C18H25N7O/c1-11-8-14(25-18(22-11)20-10-21-25)23-4-6-24(7-5-23)17(26)15-12-2-3-13(9-12)16(15)19/h8,10,12-13,15-16H,2-7,9,19H2,1H3. The first kappa shape index (κ1) is 16.0. The quantitative estimate of drug-likeness (QED) is 0.841. The van der Waals surface area contributed by atoms with Crippen LogP contribution in [0.15, 0.2) is 12.4 Å². The Morgan fingerprint density at radius 1 is 1.19 bits per heavy atom. The number of carbonyl (C=O) groups excluding carboxylic acids is 1. The summed E-state index contributed by atoms with van der Waals surface area (Å²) in [7, 11) is 0. The predicted octanol–water partition coefficient (Wildman–Crippen LogP) is 0.455. The van der Waals surface area contributed by atoms with Crippen molar-refractivity contribution in [2.75, 3.05) is 31.1 Å². The molecule has 8 nitrogen and oxygen atoms in total. The zero-order valence-corrected chi connectivity index (χ0v) is 15.1. The molecule has 2 aromatic heterocycles. The van der Waals surface area contributed by atoms with Crippen LogP contribution >= 0.6 is 0 Å². The molecule has 3 fully saturated rings. The first-order valence-corrected chi connectivity index (χ1v) is 9.58. The van der Waals surface area contributed by atoms with E-state index < -0.39 is 0 Å². The number of anilines is 1. The maximum absolute atomic E-state index is 13.1. The van der Waals surface area contributed by atoms with Crippen molar-refractivity contribution >= 4 is 17.5 Å². The Bertz CT molecular complexity index is 839. The zero-order chi connectivity index (χ0) is 17.8. The Hall–Kier alpha value is -2.22. The molecule has 138 valence electrons. The summed E-state index contributed by atoms with van der Waals surface area (Å²) in [5.74, 6) is 3.01. The smallest absolute Gasteiger partial charge is 0.254 e. The van der Waals surface area contributed by atoms with Crippen LogP contribution in [0.25, 0.3) is 5.78 Å². The van der Waals surface area contributed by atoms with Gasteiger partial charge in [0.25, 0.3) is 5.78 Å². The average molecular weight is 355 g/mol. The van der Waals surface area contributed by atoms with Crippen molar-refractivity contribution < 1.29 is 4.79 Å². The van der Waals surface area contributed by atoms with Gasteiger partial charge in [-0.1, -0.05) is 0 Å². The van der Waals surface area contributed by atoms with Gasteiger partial charge in [-0.05, 0) is 38.0 Å². The molecule has 0 aromatic carbocycles. The number of aryl methyl sites for hydroxylation is 1. The molecular weight excluding hydrogens is 330 g/mol. The van der Waals surface area contributed by atoms with Crippen LogP contribution in [-0.2, 0) is 4.79 Å². The number of nitrogens with two attached hydrogens (primary N) is 1. The Morgan fingerprint density at radius 3 is 2.69 bits per heavy atom. The summed E-state index contributed by atoms with van der Waals surface area (Å²) >= 11 is 0. The highest BCUT2D eigenvalue weighted by Crippen LogP contribution is 2.48. The molecule has 26 heavy (non-hydrogen) atoms. The molecule has 0 radical (unpaired) electrons. The summed E-state index contributed by atoms with van der Waals surface area (Å²) in [5.41, 5.74) is 7.30. The van der Waals surface area contributed by atoms with Crippen molar-refractivity contribution in [2.24, 2.45) is 23.5 Å². The minimum atomic E-state index is 0.0468. The second-order valence-electron chi connectivity index (χ2n) is 7.98. The molecule has 3 aliphatic rings. The maximum atomic E-state index is 13.1. The lowest BCUT2D eigenvalue weighted by Crippen LogP contribution is -2.54. The average Bonchev–Trinajstić information content (AvgIpc) is 3.36. The number of hydrogen-bond acceptors (Lipinski definition) is 6. The highest BCUT2D eigenvalue weighted by Gasteiger charge is 2.50. The van der Waals surface area contributed by atoms with E-state index in [2.05, 4.69) is 20.0 Å². The normalized spacial score (nSPS) is 31.2. The summed E-state index contributed by atoms with van der Waals surface area (Å²) in [5, 5.41) is 4.29. The Kier molecular flexibility index (Phi) is 3.63. The second kappa shape index (κ2) is 5.90. The number of fused-ring (bicyclic) bond motifs is 3. The van der Waals surface area contributed by atoms with Gasteiger partial charge in [0.05, 0.1) is 5.92 Å². The number of hydrogen-bond donors (Lipinski definition) is 1. The molecule has 0 spiro atoms. The Labute approximate surface area is 152 Å². The number of rotatable bonds is 2. The van der Waals surface area contributed by atoms with Crippen molar-refractivity contribution in [3.8, 4) is 0 Å². The Morgan fingerprint density at radius 2 is 1.96 bits per heavy atom. The lowest BCUT2D eigenvalue weighted by atomic mass is 9.84. The molecule has 2 saturated carbocycles. The SMILES string of the molecule is Cc1cc(N2CCN(C(=O)C3C4CCC(C4)C3N)CC2)n2ncnc2n1. The van der Waals surface area contributed by atoms with Crippen molar-refractivity contribution in [3.63, 3.8) is 0 Å². The molecule has 1 saturated heterocycles. The molecule has 1 aliphatic heterocycles. The van der Waals surface area contributed by atoms with Gasteiger partial charge in [0.2, 0.25) is 5.91 Å². The third-order valence-electron chi connectivity index (χ3n) is 6.54. The van der Waals surface area contributed by atoms with Crippen LogP contribution in [0.4, 0.5) is 5.82 Å². The molecule has 8 heteroatoms. The van der Waals surface area contributed by atoms with Gasteiger partial charge in [0.1, 0.15) is 12.1 Å². The molecule has 4 atom stereocenters. The molecular formula is C18H25N7O. The van der Waals surface area contributed by atoms with Crippen LogP contribution in [0.3, 0.4) is 0 Å². The second-order valence-corrected chi connectivity index (χ2v) is 7.98. The Balaban J connectivity index is 1.30. The van der Waals surface area contributed by atoms with E-state index in [1.807, 2.05) is 17.9 Å². The van der Waals surface area contributed by atoms with Gasteiger partial charge in [0, 0.05) is 44.0 Å². The molecule has 3 heterocycles. The van der Waals surface area contributed by atoms with E-state index in [1.54, 1.807) is 4.52 Å². The molecule has 2 bridgehead atoms. The lowest BCUT2D eigenvalue weighted by molar-refractivity contribution is -0.138. The van der Waals surface area contributed by atoms with Gasteiger partial charge in [-0.25, -0.2) is 4.98 Å². The highest BCUT2D eigenvalue weighted by atomic mass is 16.2.